The van der Waals surface area contributed by atoms with Crippen molar-refractivity contribution in [3.8, 4) is 0 Å². The van der Waals surface area contributed by atoms with Crippen LogP contribution in [0.3, 0.4) is 0 Å². The summed E-state index contributed by atoms with van der Waals surface area (Å²) in [6, 6.07) is 5.99. The smallest absolute Gasteiger partial charge is 0.152 e. The van der Waals surface area contributed by atoms with E-state index in [1.165, 1.54) is 0 Å². The summed E-state index contributed by atoms with van der Waals surface area (Å²) in [6.45, 7) is 5.62. The van der Waals surface area contributed by atoms with E-state index >= 15 is 0 Å². The molecule has 0 saturated heterocycles. The Hall–Kier alpha value is -0.870. The van der Waals surface area contributed by atoms with Gasteiger partial charge in [-0.15, -0.1) is 0 Å². The molecule has 0 aliphatic carbocycles. The molecule has 0 unspecified atom stereocenters. The van der Waals surface area contributed by atoms with Crippen molar-refractivity contribution < 1.29 is 9.53 Å². The number of anilines is 1. The maximum atomic E-state index is 11.1. The first-order chi connectivity index (χ1) is 8.10. The first-order valence-electron chi connectivity index (χ1n) is 5.60. The van der Waals surface area contributed by atoms with Crippen molar-refractivity contribution in [3.63, 3.8) is 0 Å². The van der Waals surface area contributed by atoms with Gasteiger partial charge in [-0.3, -0.25) is 4.79 Å². The highest BCUT2D eigenvalue weighted by molar-refractivity contribution is 9.10. The van der Waals surface area contributed by atoms with Gasteiger partial charge in [0.15, 0.2) is 6.29 Å². The first-order valence-corrected chi connectivity index (χ1v) is 6.39. The number of carbonyl (C=O) groups is 1. The van der Waals surface area contributed by atoms with E-state index in [9.17, 15) is 4.79 Å². The molecule has 1 aromatic rings. The van der Waals surface area contributed by atoms with E-state index < -0.39 is 0 Å². The van der Waals surface area contributed by atoms with Gasteiger partial charge in [0.1, 0.15) is 0 Å². The maximum Gasteiger partial charge on any atom is 0.152 e. The lowest BCUT2D eigenvalue weighted by Gasteiger charge is -2.30. The van der Waals surface area contributed by atoms with Crippen molar-refractivity contribution in [2.45, 2.75) is 19.9 Å². The van der Waals surface area contributed by atoms with Gasteiger partial charge in [-0.25, -0.2) is 0 Å². The highest BCUT2D eigenvalue weighted by atomic mass is 79.9. The minimum absolute atomic E-state index is 0.318. The Kier molecular flexibility index (Phi) is 5.65. The average Bonchev–Trinajstić information content (AvgIpc) is 2.29. The zero-order valence-electron chi connectivity index (χ0n) is 10.4. The van der Waals surface area contributed by atoms with Crippen molar-refractivity contribution >= 4 is 27.9 Å². The number of hydrogen-bond donors (Lipinski definition) is 0. The van der Waals surface area contributed by atoms with Crippen LogP contribution in [0.25, 0.3) is 0 Å². The Morgan fingerprint density at radius 2 is 2.18 bits per heavy atom. The van der Waals surface area contributed by atoms with Crippen LogP contribution in [0.1, 0.15) is 24.2 Å². The number of methoxy groups -OCH3 is 1. The molecule has 0 heterocycles. The van der Waals surface area contributed by atoms with Gasteiger partial charge < -0.3 is 9.64 Å². The second kappa shape index (κ2) is 6.77. The molecule has 0 radical (unpaired) electrons. The van der Waals surface area contributed by atoms with E-state index in [-0.39, 0.29) is 0 Å². The summed E-state index contributed by atoms with van der Waals surface area (Å²) in [5, 5.41) is 0. The van der Waals surface area contributed by atoms with Crippen LogP contribution in [0.4, 0.5) is 5.69 Å². The first kappa shape index (κ1) is 14.2. The van der Waals surface area contributed by atoms with Gasteiger partial charge in [-0.1, -0.05) is 15.9 Å². The van der Waals surface area contributed by atoms with Crippen molar-refractivity contribution in [1.29, 1.82) is 0 Å². The minimum atomic E-state index is 0.318. The average molecular weight is 300 g/mol. The van der Waals surface area contributed by atoms with E-state index in [1.807, 2.05) is 18.2 Å². The number of carbonyl (C=O) groups excluding carboxylic acids is 1. The molecule has 17 heavy (non-hydrogen) atoms. The van der Waals surface area contributed by atoms with Crippen LogP contribution < -0.4 is 4.90 Å². The maximum absolute atomic E-state index is 11.1. The molecule has 0 N–H and O–H groups in total. The van der Waals surface area contributed by atoms with Crippen molar-refractivity contribution in [2.75, 3.05) is 25.2 Å². The topological polar surface area (TPSA) is 29.5 Å². The Labute approximate surface area is 111 Å². The van der Waals surface area contributed by atoms with E-state index in [0.717, 1.165) is 23.0 Å². The third-order valence-electron chi connectivity index (χ3n) is 2.59. The van der Waals surface area contributed by atoms with E-state index in [4.69, 9.17) is 4.74 Å². The lowest BCUT2D eigenvalue weighted by molar-refractivity contribution is 0.112. The second-order valence-electron chi connectivity index (χ2n) is 4.10. The molecular formula is C13H18BrNO2. The lowest BCUT2D eigenvalue weighted by Crippen LogP contribution is -2.34. The minimum Gasteiger partial charge on any atom is -0.383 e. The molecule has 3 nitrogen and oxygen atoms in total. The van der Waals surface area contributed by atoms with Gasteiger partial charge in [0, 0.05) is 35.4 Å². The molecule has 0 saturated carbocycles. The molecule has 0 amide bonds. The summed E-state index contributed by atoms with van der Waals surface area (Å²) in [5.74, 6) is 0. The van der Waals surface area contributed by atoms with Crippen LogP contribution in [0.15, 0.2) is 22.7 Å². The number of hydrogen-bond acceptors (Lipinski definition) is 3. The number of rotatable bonds is 6. The van der Waals surface area contributed by atoms with Gasteiger partial charge in [0.05, 0.1) is 6.61 Å². The van der Waals surface area contributed by atoms with E-state index in [0.29, 0.717) is 18.2 Å². The van der Waals surface area contributed by atoms with Gasteiger partial charge in [0.2, 0.25) is 0 Å². The molecule has 94 valence electrons. The largest absolute Gasteiger partial charge is 0.383 e. The van der Waals surface area contributed by atoms with Crippen LogP contribution in [0.2, 0.25) is 0 Å². The molecule has 1 aromatic carbocycles. The predicted octanol–water partition coefficient (Wildman–Crippen LogP) is 3.12. The summed E-state index contributed by atoms with van der Waals surface area (Å²) < 4.78 is 6.08. The Morgan fingerprint density at radius 1 is 1.47 bits per heavy atom. The Balaban J connectivity index is 3.07. The Morgan fingerprint density at radius 3 is 2.71 bits per heavy atom. The van der Waals surface area contributed by atoms with Crippen molar-refractivity contribution in [1.82, 2.24) is 0 Å². The molecule has 1 rings (SSSR count). The van der Waals surface area contributed by atoms with E-state index in [1.54, 1.807) is 7.11 Å². The van der Waals surface area contributed by atoms with Crippen LogP contribution in [0.5, 0.6) is 0 Å². The second-order valence-corrected chi connectivity index (χ2v) is 5.02. The zero-order valence-corrected chi connectivity index (χ0v) is 12.0. The normalized spacial score (nSPS) is 10.6. The van der Waals surface area contributed by atoms with Crippen LogP contribution in [-0.4, -0.2) is 32.6 Å². The number of ether oxygens (including phenoxy) is 1. The zero-order chi connectivity index (χ0) is 12.8. The van der Waals surface area contributed by atoms with Crippen LogP contribution >= 0.6 is 15.9 Å². The van der Waals surface area contributed by atoms with Gasteiger partial charge in [0.25, 0.3) is 0 Å². The number of aldehydes is 1. The predicted molar refractivity (Wildman–Crippen MR) is 73.9 cm³/mol. The quantitative estimate of drug-likeness (QED) is 0.756. The van der Waals surface area contributed by atoms with Crippen LogP contribution in [0, 0.1) is 0 Å². The van der Waals surface area contributed by atoms with Crippen LogP contribution in [-0.2, 0) is 4.74 Å². The van der Waals surface area contributed by atoms with Crippen molar-refractivity contribution in [3.05, 3.63) is 28.2 Å². The summed E-state index contributed by atoms with van der Waals surface area (Å²) in [6.07, 6.45) is 0.893. The summed E-state index contributed by atoms with van der Waals surface area (Å²) >= 11 is 3.44. The fourth-order valence-corrected chi connectivity index (χ4v) is 2.06. The summed E-state index contributed by atoms with van der Waals surface area (Å²) in [4.78, 5) is 13.2. The molecule has 0 bridgehead atoms. The molecular weight excluding hydrogens is 282 g/mol. The molecule has 0 atom stereocenters. The molecule has 0 aliphatic heterocycles. The Bertz CT molecular complexity index is 380. The molecule has 0 fully saturated rings. The number of halogens is 1. The van der Waals surface area contributed by atoms with Gasteiger partial charge >= 0.3 is 0 Å². The molecule has 0 aliphatic rings. The van der Waals surface area contributed by atoms with Crippen molar-refractivity contribution in [2.24, 2.45) is 0 Å². The standard InChI is InChI=1S/C13H18BrNO2/c1-10(2)15(6-7-17-3)13-8-12(14)5-4-11(13)9-16/h4-5,8-10H,6-7H2,1-3H3. The SMILES string of the molecule is COCCN(c1cc(Br)ccc1C=O)C(C)C. The van der Waals surface area contributed by atoms with Gasteiger partial charge in [-0.2, -0.15) is 0 Å². The molecule has 4 heteroatoms. The summed E-state index contributed by atoms with van der Waals surface area (Å²) in [7, 11) is 1.68. The number of benzene rings is 1. The fourth-order valence-electron chi connectivity index (χ4n) is 1.71. The lowest BCUT2D eigenvalue weighted by atomic mass is 10.1. The highest BCUT2D eigenvalue weighted by Gasteiger charge is 2.14. The number of nitrogens with zero attached hydrogens (tertiary/aromatic N) is 1. The third kappa shape index (κ3) is 3.82. The molecule has 0 spiro atoms. The molecule has 0 aromatic heterocycles. The highest BCUT2D eigenvalue weighted by Crippen LogP contribution is 2.25. The fraction of sp³-hybridized carbons (Fsp3) is 0.462. The third-order valence-corrected chi connectivity index (χ3v) is 3.08. The van der Waals surface area contributed by atoms with E-state index in [2.05, 4.69) is 34.7 Å². The summed E-state index contributed by atoms with van der Waals surface area (Å²) in [5.41, 5.74) is 1.65. The van der Waals surface area contributed by atoms with Gasteiger partial charge in [-0.05, 0) is 32.0 Å². The monoisotopic (exact) mass is 299 g/mol.